The van der Waals surface area contributed by atoms with E-state index < -0.39 is 0 Å². The Balaban J connectivity index is 0. The van der Waals surface area contributed by atoms with E-state index in [1.165, 1.54) is 0 Å². The molecular formula is H7AlFe2Si. The van der Waals surface area contributed by atoms with Gasteiger partial charge in [-0.05, 0) is 11.0 Å². The Kier molecular flexibility index (Phi) is 223. The predicted octanol–water partition coefficient (Wildman–Crippen LogP) is -2.64. The van der Waals surface area contributed by atoms with Crippen LogP contribution in [0.1, 0.15) is 0 Å². The maximum absolute atomic E-state index is 0. The molecule has 0 radical (unpaired) electrons. The summed E-state index contributed by atoms with van der Waals surface area (Å²) in [5, 5.41) is 0. The van der Waals surface area contributed by atoms with E-state index in [0.717, 1.165) is 0 Å². The quantitative estimate of drug-likeness (QED) is 0.352. The van der Waals surface area contributed by atoms with Crippen molar-refractivity contribution in [3.05, 3.63) is 0 Å². The normalized spacial score (nSPS) is 0. The van der Waals surface area contributed by atoms with Crippen LogP contribution in [0.15, 0.2) is 0 Å². The molecule has 0 saturated carbocycles. The van der Waals surface area contributed by atoms with E-state index in [1.807, 2.05) is 0 Å². The second kappa shape index (κ2) is 21.5. The minimum Gasteiger partial charge on any atom is -0.0149 e. The zero-order valence-corrected chi connectivity index (χ0v) is 2.92. The zero-order valence-electron chi connectivity index (χ0n) is 0.707. The van der Waals surface area contributed by atoms with Gasteiger partial charge < -0.3 is 0 Å². The molecule has 30 valence electrons. The van der Waals surface area contributed by atoms with Crippen molar-refractivity contribution in [3.63, 3.8) is 0 Å². The first kappa shape index (κ1) is 41.5. The van der Waals surface area contributed by atoms with Crippen LogP contribution in [0, 0.1) is 0 Å². The molecule has 0 N–H and O–H groups in total. The van der Waals surface area contributed by atoms with E-state index in [2.05, 4.69) is 0 Å². The molecule has 0 bridgehead atoms. The molecule has 0 spiro atoms. The fourth-order valence-corrected chi connectivity index (χ4v) is 0. The number of rotatable bonds is 0. The fraction of sp³-hybridized carbons (Fsp3) is 0. The molecule has 0 unspecified atom stereocenters. The van der Waals surface area contributed by atoms with Gasteiger partial charge in [-0.1, -0.05) is 0 Å². The summed E-state index contributed by atoms with van der Waals surface area (Å²) in [7, 11) is 0. The van der Waals surface area contributed by atoms with Gasteiger partial charge in [0.05, 0.1) is 0 Å². The Labute approximate surface area is 62.2 Å². The van der Waals surface area contributed by atoms with E-state index in [0.29, 0.717) is 0 Å². The van der Waals surface area contributed by atoms with Crippen LogP contribution in [0.5, 0.6) is 0 Å². The third kappa shape index (κ3) is 9.21. The second-order valence-corrected chi connectivity index (χ2v) is 0. The third-order valence-electron chi connectivity index (χ3n) is 0. The van der Waals surface area contributed by atoms with Crippen LogP contribution in [-0.2, 0) is 34.1 Å². The van der Waals surface area contributed by atoms with Crippen molar-refractivity contribution in [2.75, 3.05) is 0 Å². The van der Waals surface area contributed by atoms with Crippen molar-refractivity contribution < 1.29 is 34.1 Å². The number of hydrogen-bond donors (Lipinski definition) is 0. The Morgan fingerprint density at radius 2 is 0.750 bits per heavy atom. The summed E-state index contributed by atoms with van der Waals surface area (Å²) in [6.45, 7) is 0. The Morgan fingerprint density at radius 1 is 0.750 bits per heavy atom. The Bertz CT molecular complexity index is 6.00. The molecule has 4 heteroatoms. The molecule has 0 aromatic heterocycles. The van der Waals surface area contributed by atoms with Gasteiger partial charge in [-0.3, -0.25) is 0 Å². The molecular weight excluding hydrogens is 167 g/mol. The van der Waals surface area contributed by atoms with Crippen LogP contribution in [0.3, 0.4) is 0 Å². The SMILES string of the molecule is [AlH3].[Fe].[Fe].[SiH4]. The van der Waals surface area contributed by atoms with Gasteiger partial charge in [0.25, 0.3) is 0 Å². The first-order valence-corrected chi connectivity index (χ1v) is 0. The van der Waals surface area contributed by atoms with Gasteiger partial charge in [-0.2, -0.15) is 0 Å². The summed E-state index contributed by atoms with van der Waals surface area (Å²) < 4.78 is 0. The fourth-order valence-electron chi connectivity index (χ4n) is 0. The van der Waals surface area contributed by atoms with Gasteiger partial charge in [0.2, 0.25) is 0 Å². The van der Waals surface area contributed by atoms with E-state index in [4.69, 9.17) is 0 Å². The van der Waals surface area contributed by atoms with Gasteiger partial charge in [0.15, 0.2) is 17.4 Å². The molecule has 0 aromatic rings. The molecule has 0 fully saturated rings. The van der Waals surface area contributed by atoms with E-state index >= 15 is 0 Å². The predicted molar refractivity (Wildman–Crippen MR) is 21.3 cm³/mol. The average Bonchev–Trinajstić information content (AvgIpc) is 0. The van der Waals surface area contributed by atoms with Crippen molar-refractivity contribution in [2.24, 2.45) is 0 Å². The first-order chi connectivity index (χ1) is 0. The monoisotopic (exact) mass is 174 g/mol. The van der Waals surface area contributed by atoms with Crippen molar-refractivity contribution >= 4 is 28.3 Å². The van der Waals surface area contributed by atoms with E-state index in [1.54, 1.807) is 0 Å². The summed E-state index contributed by atoms with van der Waals surface area (Å²) in [5.74, 6) is 0. The maximum Gasteiger partial charge on any atom is 0.187 e. The molecule has 0 aliphatic carbocycles. The maximum atomic E-state index is 0. The minimum absolute atomic E-state index is 0. The first-order valence-electron chi connectivity index (χ1n) is 0. The Morgan fingerprint density at radius 3 is 0.750 bits per heavy atom. The standard InChI is InChI=1S/Al.2Fe.H4Si.3H/h;;;1H4;;;. The summed E-state index contributed by atoms with van der Waals surface area (Å²) in [4.78, 5) is 0. The van der Waals surface area contributed by atoms with Crippen LogP contribution in [-0.4, -0.2) is 28.3 Å². The van der Waals surface area contributed by atoms with Gasteiger partial charge in [-0.15, -0.1) is 0 Å². The molecule has 0 nitrogen and oxygen atoms in total. The van der Waals surface area contributed by atoms with Crippen molar-refractivity contribution in [1.82, 2.24) is 0 Å². The molecule has 4 heavy (non-hydrogen) atoms. The molecule has 0 rings (SSSR count). The topological polar surface area (TPSA) is 0 Å². The van der Waals surface area contributed by atoms with Crippen LogP contribution < -0.4 is 0 Å². The zero-order chi connectivity index (χ0) is 0. The summed E-state index contributed by atoms with van der Waals surface area (Å²) >= 11 is 0. The van der Waals surface area contributed by atoms with Gasteiger partial charge in [0, 0.05) is 34.1 Å². The minimum atomic E-state index is 0. The van der Waals surface area contributed by atoms with Crippen molar-refractivity contribution in [1.29, 1.82) is 0 Å². The van der Waals surface area contributed by atoms with Gasteiger partial charge >= 0.3 is 0 Å². The molecule has 0 atom stereocenters. The van der Waals surface area contributed by atoms with E-state index in [9.17, 15) is 0 Å². The largest absolute Gasteiger partial charge is 0.187 e. The second-order valence-electron chi connectivity index (χ2n) is 0. The van der Waals surface area contributed by atoms with Crippen molar-refractivity contribution in [2.45, 2.75) is 0 Å². The average molecular weight is 174 g/mol. The summed E-state index contributed by atoms with van der Waals surface area (Å²) in [5.41, 5.74) is 0. The third-order valence-corrected chi connectivity index (χ3v) is 0. The molecule has 0 aliphatic rings. The number of hydrogen-bond acceptors (Lipinski definition) is 0. The Hall–Kier alpha value is 1.79. The van der Waals surface area contributed by atoms with Crippen LogP contribution in [0.25, 0.3) is 0 Å². The summed E-state index contributed by atoms with van der Waals surface area (Å²) in [6.07, 6.45) is 0. The van der Waals surface area contributed by atoms with Gasteiger partial charge in [0.1, 0.15) is 0 Å². The van der Waals surface area contributed by atoms with E-state index in [-0.39, 0.29) is 62.5 Å². The van der Waals surface area contributed by atoms with Crippen LogP contribution >= 0.6 is 0 Å². The smallest absolute Gasteiger partial charge is 0.0149 e. The molecule has 0 saturated heterocycles. The molecule has 0 aliphatic heterocycles. The van der Waals surface area contributed by atoms with Crippen LogP contribution in [0.4, 0.5) is 0 Å². The molecule has 0 amide bonds. The molecule has 0 heterocycles. The summed E-state index contributed by atoms with van der Waals surface area (Å²) in [6, 6.07) is 0. The van der Waals surface area contributed by atoms with Crippen molar-refractivity contribution in [3.8, 4) is 0 Å². The molecule has 0 aromatic carbocycles. The van der Waals surface area contributed by atoms with Crippen LogP contribution in [0.2, 0.25) is 0 Å². The van der Waals surface area contributed by atoms with Gasteiger partial charge in [-0.25, -0.2) is 0 Å².